The fourth-order valence-corrected chi connectivity index (χ4v) is 5.10. The van der Waals surface area contributed by atoms with Crippen LogP contribution in [-0.4, -0.2) is 57.8 Å². The van der Waals surface area contributed by atoms with Crippen LogP contribution < -0.4 is 0 Å². The fourth-order valence-electron chi connectivity index (χ4n) is 5.10. The summed E-state index contributed by atoms with van der Waals surface area (Å²) in [5.74, 6) is -1.79. The third kappa shape index (κ3) is 7.58. The molecule has 0 bridgehead atoms. The first-order valence-corrected chi connectivity index (χ1v) is 11.6. The first-order valence-electron chi connectivity index (χ1n) is 11.6. The van der Waals surface area contributed by atoms with Gasteiger partial charge < -0.3 is 24.8 Å². The first kappa shape index (κ1) is 25.8. The topological polar surface area (TPSA) is 113 Å². The standard InChI is InChI=1S/C24H40O7/c1-15(22(31-17(3)25)16(2)12-18-8-6-5-7-9-18)10-11-21-20(26)13-19(23(27)28)24(4,29)14-30-21/h16,18-22,26,29H,1,5-14H2,2-4H3,(H,27,28)/t16?,19?,20-,21?,22?,24?/m1/s1. The van der Waals surface area contributed by atoms with Crippen LogP contribution in [0.15, 0.2) is 12.2 Å². The zero-order chi connectivity index (χ0) is 23.2. The van der Waals surface area contributed by atoms with Gasteiger partial charge in [-0.25, -0.2) is 0 Å². The second-order valence-electron chi connectivity index (χ2n) is 9.84. The molecule has 1 aliphatic heterocycles. The zero-order valence-corrected chi connectivity index (χ0v) is 19.2. The molecular formula is C24H40O7. The van der Waals surface area contributed by atoms with E-state index in [1.54, 1.807) is 0 Å². The molecule has 3 N–H and O–H groups in total. The van der Waals surface area contributed by atoms with Gasteiger partial charge >= 0.3 is 11.9 Å². The minimum absolute atomic E-state index is 0.0784. The predicted octanol–water partition coefficient (Wildman–Crippen LogP) is 3.46. The molecule has 0 spiro atoms. The monoisotopic (exact) mass is 440 g/mol. The number of carboxylic acids is 1. The van der Waals surface area contributed by atoms with Crippen LogP contribution in [0.3, 0.4) is 0 Å². The summed E-state index contributed by atoms with van der Waals surface area (Å²) in [5.41, 5.74) is -0.770. The van der Waals surface area contributed by atoms with Gasteiger partial charge in [-0.05, 0) is 50.0 Å². The lowest BCUT2D eigenvalue weighted by atomic mass is 9.80. The van der Waals surface area contributed by atoms with Crippen molar-refractivity contribution in [2.75, 3.05) is 6.61 Å². The molecule has 7 nitrogen and oxygen atoms in total. The summed E-state index contributed by atoms with van der Waals surface area (Å²) in [6.45, 7) is 8.93. The SMILES string of the molecule is C=C(CCC1OCC(C)(O)C(C(=O)O)C[C@H]1O)C(OC(C)=O)C(C)CC1CCCCC1. The summed E-state index contributed by atoms with van der Waals surface area (Å²) in [6, 6.07) is 0. The van der Waals surface area contributed by atoms with Gasteiger partial charge in [-0.1, -0.05) is 45.6 Å². The maximum absolute atomic E-state index is 11.7. The largest absolute Gasteiger partial charge is 0.481 e. The zero-order valence-electron chi connectivity index (χ0n) is 19.2. The third-order valence-corrected chi connectivity index (χ3v) is 6.94. The van der Waals surface area contributed by atoms with E-state index < -0.39 is 35.8 Å². The third-order valence-electron chi connectivity index (χ3n) is 6.94. The molecule has 1 saturated carbocycles. The van der Waals surface area contributed by atoms with Gasteiger partial charge in [0, 0.05) is 6.92 Å². The van der Waals surface area contributed by atoms with E-state index in [9.17, 15) is 24.9 Å². The lowest BCUT2D eigenvalue weighted by molar-refractivity contribution is -0.154. The van der Waals surface area contributed by atoms with Gasteiger partial charge in [-0.15, -0.1) is 0 Å². The molecule has 0 aromatic heterocycles. The molecule has 2 aliphatic rings. The summed E-state index contributed by atoms with van der Waals surface area (Å²) >= 11 is 0. The van der Waals surface area contributed by atoms with Crippen LogP contribution in [0, 0.1) is 17.8 Å². The first-order chi connectivity index (χ1) is 14.5. The molecule has 0 aromatic rings. The molecular weight excluding hydrogens is 400 g/mol. The van der Waals surface area contributed by atoms with Crippen molar-refractivity contribution in [1.82, 2.24) is 0 Å². The van der Waals surface area contributed by atoms with Gasteiger partial charge in [-0.2, -0.15) is 0 Å². The van der Waals surface area contributed by atoms with Crippen molar-refractivity contribution in [1.29, 1.82) is 0 Å². The van der Waals surface area contributed by atoms with Crippen molar-refractivity contribution in [3.8, 4) is 0 Å². The van der Waals surface area contributed by atoms with Crippen LogP contribution in [0.5, 0.6) is 0 Å². The Balaban J connectivity index is 1.97. The molecule has 0 amide bonds. The number of hydrogen-bond donors (Lipinski definition) is 3. The van der Waals surface area contributed by atoms with Gasteiger partial charge in [0.1, 0.15) is 6.10 Å². The lowest BCUT2D eigenvalue weighted by Crippen LogP contribution is -2.42. The predicted molar refractivity (Wildman–Crippen MR) is 116 cm³/mol. The Morgan fingerprint density at radius 2 is 1.90 bits per heavy atom. The molecule has 1 heterocycles. The normalized spacial score (nSPS) is 32.0. The molecule has 0 radical (unpaired) electrons. The fraction of sp³-hybridized carbons (Fsp3) is 0.833. The van der Waals surface area contributed by atoms with Crippen LogP contribution in [0.4, 0.5) is 0 Å². The number of esters is 1. The molecule has 1 aliphatic carbocycles. The summed E-state index contributed by atoms with van der Waals surface area (Å²) in [7, 11) is 0. The molecule has 2 fully saturated rings. The highest BCUT2D eigenvalue weighted by Gasteiger charge is 2.44. The summed E-state index contributed by atoms with van der Waals surface area (Å²) in [6.07, 6.45) is 6.05. The van der Waals surface area contributed by atoms with Gasteiger partial charge in [0.25, 0.3) is 0 Å². The molecule has 178 valence electrons. The van der Waals surface area contributed by atoms with Crippen LogP contribution >= 0.6 is 0 Å². The molecule has 5 unspecified atom stereocenters. The molecule has 7 heteroatoms. The number of carboxylic acid groups (broad SMARTS) is 1. The number of aliphatic hydroxyl groups excluding tert-OH is 1. The second-order valence-corrected chi connectivity index (χ2v) is 9.84. The lowest BCUT2D eigenvalue weighted by Gasteiger charge is -2.31. The van der Waals surface area contributed by atoms with Crippen LogP contribution in [0.2, 0.25) is 0 Å². The van der Waals surface area contributed by atoms with Crippen molar-refractivity contribution in [3.05, 3.63) is 12.2 Å². The molecule has 6 atom stereocenters. The van der Waals surface area contributed by atoms with E-state index in [1.165, 1.54) is 46.0 Å². The minimum Gasteiger partial charge on any atom is -0.481 e. The average Bonchev–Trinajstić information content (AvgIpc) is 2.80. The second kappa shape index (κ2) is 11.4. The van der Waals surface area contributed by atoms with E-state index in [1.807, 2.05) is 0 Å². The molecule has 1 saturated heterocycles. The quantitative estimate of drug-likeness (QED) is 0.372. The smallest absolute Gasteiger partial charge is 0.309 e. The van der Waals surface area contributed by atoms with E-state index in [2.05, 4.69) is 13.5 Å². The number of carbonyl (C=O) groups excluding carboxylic acids is 1. The Morgan fingerprint density at radius 1 is 1.26 bits per heavy atom. The number of hydrogen-bond acceptors (Lipinski definition) is 6. The maximum Gasteiger partial charge on any atom is 0.309 e. The molecule has 0 aromatic carbocycles. The maximum atomic E-state index is 11.7. The summed E-state index contributed by atoms with van der Waals surface area (Å²) in [5, 5.41) is 30.3. The van der Waals surface area contributed by atoms with E-state index in [0.29, 0.717) is 18.8 Å². The molecule has 2 rings (SSSR count). The summed E-state index contributed by atoms with van der Waals surface area (Å²) < 4.78 is 11.3. The van der Waals surface area contributed by atoms with Crippen molar-refractivity contribution < 1.29 is 34.4 Å². The average molecular weight is 441 g/mol. The van der Waals surface area contributed by atoms with E-state index in [4.69, 9.17) is 9.47 Å². The Labute approximate surface area is 185 Å². The van der Waals surface area contributed by atoms with Crippen LogP contribution in [-0.2, 0) is 19.1 Å². The number of carbonyl (C=O) groups is 2. The summed E-state index contributed by atoms with van der Waals surface area (Å²) in [4.78, 5) is 23.2. The Kier molecular flexibility index (Phi) is 9.52. The van der Waals surface area contributed by atoms with Gasteiger partial charge in [-0.3, -0.25) is 9.59 Å². The highest BCUT2D eigenvalue weighted by molar-refractivity contribution is 5.71. The number of aliphatic carboxylic acids is 1. The van der Waals surface area contributed by atoms with Crippen molar-refractivity contribution in [2.45, 2.75) is 102 Å². The Hall–Kier alpha value is -1.44. The minimum atomic E-state index is -1.55. The van der Waals surface area contributed by atoms with Crippen LogP contribution in [0.25, 0.3) is 0 Å². The van der Waals surface area contributed by atoms with Crippen molar-refractivity contribution in [2.24, 2.45) is 17.8 Å². The molecule has 31 heavy (non-hydrogen) atoms. The van der Waals surface area contributed by atoms with E-state index >= 15 is 0 Å². The number of rotatable bonds is 9. The van der Waals surface area contributed by atoms with Gasteiger partial charge in [0.05, 0.1) is 30.3 Å². The Morgan fingerprint density at radius 3 is 2.48 bits per heavy atom. The van der Waals surface area contributed by atoms with Crippen molar-refractivity contribution >= 4 is 11.9 Å². The van der Waals surface area contributed by atoms with Crippen molar-refractivity contribution in [3.63, 3.8) is 0 Å². The Bertz CT molecular complexity index is 623. The highest BCUT2D eigenvalue weighted by Crippen LogP contribution is 2.34. The number of ether oxygens (including phenoxy) is 2. The van der Waals surface area contributed by atoms with E-state index in [-0.39, 0.29) is 24.9 Å². The van der Waals surface area contributed by atoms with Gasteiger partial charge in [0.2, 0.25) is 0 Å². The van der Waals surface area contributed by atoms with E-state index in [0.717, 1.165) is 12.0 Å². The van der Waals surface area contributed by atoms with Crippen LogP contribution in [0.1, 0.15) is 78.6 Å². The highest BCUT2D eigenvalue weighted by atomic mass is 16.5. The number of aliphatic hydroxyl groups is 2. The van der Waals surface area contributed by atoms with Gasteiger partial charge in [0.15, 0.2) is 0 Å².